The van der Waals surface area contributed by atoms with Gasteiger partial charge in [0.25, 0.3) is 0 Å². The lowest BCUT2D eigenvalue weighted by Crippen LogP contribution is -1.83. The Kier molecular flexibility index (Phi) is 1.41. The molecule has 2 atom stereocenters. The van der Waals surface area contributed by atoms with Crippen LogP contribution in [0.5, 0.6) is 0 Å². The van der Waals surface area contributed by atoms with Crippen molar-refractivity contribution < 1.29 is 0 Å². The third-order valence-corrected chi connectivity index (χ3v) is 1.94. The van der Waals surface area contributed by atoms with E-state index >= 15 is 0 Å². The van der Waals surface area contributed by atoms with Crippen molar-refractivity contribution in [3.8, 4) is 0 Å². The van der Waals surface area contributed by atoms with Crippen molar-refractivity contribution >= 4 is 7.28 Å². The average molecular weight is 96.0 g/mol. The summed E-state index contributed by atoms with van der Waals surface area (Å²) in [6, 6.07) is 0. The van der Waals surface area contributed by atoms with Crippen molar-refractivity contribution in [2.24, 2.45) is 5.92 Å². The second-order valence-electron chi connectivity index (χ2n) is 2.76. The first kappa shape index (κ1) is 5.21. The van der Waals surface area contributed by atoms with Crippen molar-refractivity contribution in [2.75, 3.05) is 0 Å². The van der Waals surface area contributed by atoms with E-state index in [1.54, 1.807) is 0 Å². The first-order valence-corrected chi connectivity index (χ1v) is 3.34. The van der Waals surface area contributed by atoms with E-state index in [1.165, 1.54) is 20.0 Å². The van der Waals surface area contributed by atoms with E-state index < -0.39 is 0 Å². The molecule has 0 spiro atoms. The number of hydrogen-bond acceptors (Lipinski definition) is 0. The molecule has 1 aliphatic rings. The summed E-state index contributed by atoms with van der Waals surface area (Å²) in [5, 5.41) is 0. The SMILES string of the molecule is CCB[C@@H]1C[C@@H]1C. The maximum atomic E-state index is 2.35. The monoisotopic (exact) mass is 96.1 g/mol. The van der Waals surface area contributed by atoms with Gasteiger partial charge in [-0.15, -0.1) is 0 Å². The van der Waals surface area contributed by atoms with Crippen LogP contribution >= 0.6 is 0 Å². The van der Waals surface area contributed by atoms with Crippen LogP contribution in [0.3, 0.4) is 0 Å². The zero-order chi connectivity index (χ0) is 5.28. The van der Waals surface area contributed by atoms with E-state index in [0.717, 1.165) is 11.7 Å². The Bertz CT molecular complexity index is 61.2. The Labute approximate surface area is 46.5 Å². The van der Waals surface area contributed by atoms with Gasteiger partial charge in [0.1, 0.15) is 7.28 Å². The molecule has 0 nitrogen and oxygen atoms in total. The van der Waals surface area contributed by atoms with Gasteiger partial charge < -0.3 is 0 Å². The lowest BCUT2D eigenvalue weighted by atomic mass is 9.69. The first-order chi connectivity index (χ1) is 3.34. The Morgan fingerprint density at radius 3 is 2.43 bits per heavy atom. The van der Waals surface area contributed by atoms with Gasteiger partial charge >= 0.3 is 0 Å². The van der Waals surface area contributed by atoms with Crippen molar-refractivity contribution in [1.82, 2.24) is 0 Å². The minimum Gasteiger partial charge on any atom is -0.0800 e. The fraction of sp³-hybridized carbons (Fsp3) is 1.00. The van der Waals surface area contributed by atoms with Gasteiger partial charge in [-0.05, 0) is 5.92 Å². The average Bonchev–Trinajstić information content (AvgIpc) is 2.22. The molecule has 1 saturated carbocycles. The highest BCUT2D eigenvalue weighted by molar-refractivity contribution is 6.38. The molecule has 0 aromatic carbocycles. The summed E-state index contributed by atoms with van der Waals surface area (Å²) in [6.45, 7) is 4.62. The van der Waals surface area contributed by atoms with Gasteiger partial charge in [0, 0.05) is 0 Å². The van der Waals surface area contributed by atoms with E-state index in [9.17, 15) is 0 Å². The summed E-state index contributed by atoms with van der Waals surface area (Å²) >= 11 is 0. The van der Waals surface area contributed by atoms with E-state index in [1.807, 2.05) is 0 Å². The van der Waals surface area contributed by atoms with Crippen LogP contribution in [0.2, 0.25) is 12.1 Å². The van der Waals surface area contributed by atoms with E-state index in [4.69, 9.17) is 0 Å². The molecule has 1 rings (SSSR count). The van der Waals surface area contributed by atoms with Crippen LogP contribution in [0.4, 0.5) is 0 Å². The van der Waals surface area contributed by atoms with Crippen LogP contribution < -0.4 is 0 Å². The Morgan fingerprint density at radius 1 is 1.71 bits per heavy atom. The zero-order valence-corrected chi connectivity index (χ0v) is 5.28. The lowest BCUT2D eigenvalue weighted by molar-refractivity contribution is 0.976. The van der Waals surface area contributed by atoms with E-state index in [0.29, 0.717) is 0 Å². The highest BCUT2D eigenvalue weighted by Gasteiger charge is 2.31. The molecular weight excluding hydrogens is 82.9 g/mol. The van der Waals surface area contributed by atoms with Gasteiger partial charge in [-0.25, -0.2) is 0 Å². The third kappa shape index (κ3) is 1.22. The molecule has 1 fully saturated rings. The fourth-order valence-corrected chi connectivity index (χ4v) is 1.17. The Balaban J connectivity index is 1.98. The normalized spacial score (nSPS) is 38.0. The van der Waals surface area contributed by atoms with Gasteiger partial charge in [-0.2, -0.15) is 0 Å². The Hall–Kier alpha value is 0.0649. The fourth-order valence-electron chi connectivity index (χ4n) is 1.17. The highest BCUT2D eigenvalue weighted by Crippen LogP contribution is 2.43. The molecule has 0 N–H and O–H groups in total. The molecule has 0 aliphatic heterocycles. The van der Waals surface area contributed by atoms with Crippen molar-refractivity contribution in [3.63, 3.8) is 0 Å². The van der Waals surface area contributed by atoms with Crippen LogP contribution in [0.25, 0.3) is 0 Å². The molecular formula is C6H13B. The Morgan fingerprint density at radius 2 is 2.29 bits per heavy atom. The van der Waals surface area contributed by atoms with Gasteiger partial charge in [-0.1, -0.05) is 32.4 Å². The molecule has 0 radical (unpaired) electrons. The molecule has 1 heteroatoms. The predicted octanol–water partition coefficient (Wildman–Crippen LogP) is 1.69. The van der Waals surface area contributed by atoms with Gasteiger partial charge in [0.15, 0.2) is 0 Å². The van der Waals surface area contributed by atoms with Gasteiger partial charge in [-0.3, -0.25) is 0 Å². The van der Waals surface area contributed by atoms with Crippen molar-refractivity contribution in [1.29, 1.82) is 0 Å². The van der Waals surface area contributed by atoms with Crippen LogP contribution in [0.15, 0.2) is 0 Å². The topological polar surface area (TPSA) is 0 Å². The summed E-state index contributed by atoms with van der Waals surface area (Å²) in [5.74, 6) is 2.19. The van der Waals surface area contributed by atoms with Crippen LogP contribution in [-0.2, 0) is 0 Å². The maximum absolute atomic E-state index is 2.35. The predicted molar refractivity (Wildman–Crippen MR) is 35.2 cm³/mol. The number of hydrogen-bond donors (Lipinski definition) is 0. The smallest absolute Gasteiger partial charge is 0.0800 e. The standard InChI is InChI=1S/C6H13B/c1-3-7-6-4-5(6)2/h5-7H,3-4H2,1-2H3/t5-,6+/m0/s1. The minimum atomic E-state index is 1.07. The molecule has 0 saturated heterocycles. The van der Waals surface area contributed by atoms with E-state index in [2.05, 4.69) is 13.8 Å². The van der Waals surface area contributed by atoms with Gasteiger partial charge in [0.2, 0.25) is 0 Å². The number of rotatable bonds is 2. The van der Waals surface area contributed by atoms with Crippen LogP contribution in [-0.4, -0.2) is 7.28 Å². The van der Waals surface area contributed by atoms with Crippen LogP contribution in [0.1, 0.15) is 20.3 Å². The summed E-state index contributed by atoms with van der Waals surface area (Å²) in [4.78, 5) is 0. The molecule has 40 valence electrons. The van der Waals surface area contributed by atoms with Gasteiger partial charge in [0.05, 0.1) is 0 Å². The lowest BCUT2D eigenvalue weighted by Gasteiger charge is -1.83. The molecule has 0 aromatic rings. The van der Waals surface area contributed by atoms with E-state index in [-0.39, 0.29) is 0 Å². The van der Waals surface area contributed by atoms with Crippen molar-refractivity contribution in [2.45, 2.75) is 32.4 Å². The molecule has 0 heterocycles. The summed E-state index contributed by atoms with van der Waals surface area (Å²) in [5.41, 5.74) is 0. The zero-order valence-electron chi connectivity index (χ0n) is 5.28. The summed E-state index contributed by atoms with van der Waals surface area (Å²) in [6.07, 6.45) is 2.89. The van der Waals surface area contributed by atoms with Crippen molar-refractivity contribution in [3.05, 3.63) is 0 Å². The molecule has 0 aromatic heterocycles. The largest absolute Gasteiger partial charge is 0.124 e. The second kappa shape index (κ2) is 1.89. The molecule has 0 bridgehead atoms. The van der Waals surface area contributed by atoms with Crippen LogP contribution in [0, 0.1) is 5.92 Å². The molecule has 0 amide bonds. The second-order valence-corrected chi connectivity index (χ2v) is 2.76. The molecule has 7 heavy (non-hydrogen) atoms. The maximum Gasteiger partial charge on any atom is 0.124 e. The summed E-state index contributed by atoms with van der Waals surface area (Å²) in [7, 11) is 1.47. The molecule has 1 aliphatic carbocycles. The minimum absolute atomic E-state index is 1.07. The molecule has 0 unspecified atom stereocenters. The first-order valence-electron chi connectivity index (χ1n) is 3.34. The highest BCUT2D eigenvalue weighted by atomic mass is 14.3. The third-order valence-electron chi connectivity index (χ3n) is 1.94. The quantitative estimate of drug-likeness (QED) is 0.459. The summed E-state index contributed by atoms with van der Waals surface area (Å²) < 4.78 is 0.